The molecule has 1 aromatic carbocycles. The third-order valence-corrected chi connectivity index (χ3v) is 3.44. The standard InChI is InChI=1S/C16H23N3O/c1-12-9-19-13(2)16(20-12)15(8-17)11-18-10-14-6-4-3-5-7-14/h3-8,11-13,16,19H,9-10,17H2,1-2H3/b15-8+,18-11?. The second-order valence-electron chi connectivity index (χ2n) is 5.19. The van der Waals surface area contributed by atoms with E-state index >= 15 is 0 Å². The maximum Gasteiger partial charge on any atom is 0.101 e. The largest absolute Gasteiger partial charge is 0.404 e. The zero-order valence-corrected chi connectivity index (χ0v) is 12.1. The zero-order chi connectivity index (χ0) is 14.4. The molecule has 0 amide bonds. The van der Waals surface area contributed by atoms with Crippen LogP contribution >= 0.6 is 0 Å². The van der Waals surface area contributed by atoms with E-state index in [1.54, 1.807) is 6.20 Å². The van der Waals surface area contributed by atoms with Gasteiger partial charge in [-0.2, -0.15) is 0 Å². The fourth-order valence-corrected chi connectivity index (χ4v) is 2.29. The normalized spacial score (nSPS) is 27.9. The molecule has 1 aliphatic rings. The van der Waals surface area contributed by atoms with E-state index in [1.807, 2.05) is 24.4 Å². The van der Waals surface area contributed by atoms with Gasteiger partial charge in [0.1, 0.15) is 6.10 Å². The first-order valence-corrected chi connectivity index (χ1v) is 7.05. The minimum atomic E-state index is -0.0386. The number of nitrogens with two attached hydrogens (primary N) is 1. The van der Waals surface area contributed by atoms with Gasteiger partial charge in [0.25, 0.3) is 0 Å². The van der Waals surface area contributed by atoms with E-state index in [1.165, 1.54) is 5.56 Å². The summed E-state index contributed by atoms with van der Waals surface area (Å²) >= 11 is 0. The minimum Gasteiger partial charge on any atom is -0.404 e. The number of nitrogens with zero attached hydrogens (tertiary/aromatic N) is 1. The third-order valence-electron chi connectivity index (χ3n) is 3.44. The lowest BCUT2D eigenvalue weighted by Gasteiger charge is -2.34. The molecule has 0 radical (unpaired) electrons. The lowest BCUT2D eigenvalue weighted by atomic mass is 10.0. The van der Waals surface area contributed by atoms with Crippen LogP contribution in [-0.2, 0) is 11.3 Å². The molecule has 0 spiro atoms. The average Bonchev–Trinajstić information content (AvgIpc) is 2.48. The highest BCUT2D eigenvalue weighted by Gasteiger charge is 2.27. The highest BCUT2D eigenvalue weighted by Crippen LogP contribution is 2.16. The first-order chi connectivity index (χ1) is 9.70. The van der Waals surface area contributed by atoms with Gasteiger partial charge < -0.3 is 15.8 Å². The highest BCUT2D eigenvalue weighted by atomic mass is 16.5. The van der Waals surface area contributed by atoms with E-state index in [4.69, 9.17) is 10.5 Å². The van der Waals surface area contributed by atoms with Crippen LogP contribution in [0, 0.1) is 0 Å². The van der Waals surface area contributed by atoms with Crippen LogP contribution in [0.3, 0.4) is 0 Å². The maximum atomic E-state index is 5.95. The van der Waals surface area contributed by atoms with Crippen molar-refractivity contribution in [3.63, 3.8) is 0 Å². The second-order valence-corrected chi connectivity index (χ2v) is 5.19. The van der Waals surface area contributed by atoms with Crippen LogP contribution in [0.5, 0.6) is 0 Å². The molecule has 4 nitrogen and oxygen atoms in total. The van der Waals surface area contributed by atoms with Gasteiger partial charge in [-0.3, -0.25) is 4.99 Å². The lowest BCUT2D eigenvalue weighted by molar-refractivity contribution is -0.0271. The molecule has 2 rings (SSSR count). The van der Waals surface area contributed by atoms with Crippen LogP contribution in [0.15, 0.2) is 47.1 Å². The molecule has 1 aliphatic heterocycles. The fourth-order valence-electron chi connectivity index (χ4n) is 2.29. The first kappa shape index (κ1) is 14.8. The molecule has 1 heterocycles. The molecular formula is C16H23N3O. The molecule has 108 valence electrons. The van der Waals surface area contributed by atoms with Crippen molar-refractivity contribution in [1.82, 2.24) is 5.32 Å². The van der Waals surface area contributed by atoms with E-state index < -0.39 is 0 Å². The van der Waals surface area contributed by atoms with Crippen molar-refractivity contribution in [1.29, 1.82) is 0 Å². The van der Waals surface area contributed by atoms with Crippen molar-refractivity contribution >= 4 is 6.21 Å². The summed E-state index contributed by atoms with van der Waals surface area (Å²) in [6.07, 6.45) is 3.57. The predicted octanol–water partition coefficient (Wildman–Crippen LogP) is 1.87. The molecule has 3 N–H and O–H groups in total. The number of ether oxygens (including phenoxy) is 1. The SMILES string of the molecule is CC1CNC(C)C(/C(C=NCc2ccccc2)=C/N)O1. The molecule has 1 aromatic rings. The Morgan fingerprint density at radius 1 is 1.40 bits per heavy atom. The van der Waals surface area contributed by atoms with Crippen LogP contribution in [0.1, 0.15) is 19.4 Å². The Balaban J connectivity index is 1.98. The van der Waals surface area contributed by atoms with Crippen molar-refractivity contribution in [3.8, 4) is 0 Å². The maximum absolute atomic E-state index is 5.95. The number of nitrogens with one attached hydrogen (secondary N) is 1. The number of aliphatic imine (C=N–C) groups is 1. The number of benzene rings is 1. The number of morpholine rings is 1. The van der Waals surface area contributed by atoms with Crippen LogP contribution < -0.4 is 11.1 Å². The molecule has 0 bridgehead atoms. The van der Waals surface area contributed by atoms with Crippen molar-refractivity contribution in [2.24, 2.45) is 10.7 Å². The molecule has 1 fully saturated rings. The molecule has 0 aliphatic carbocycles. The van der Waals surface area contributed by atoms with Gasteiger partial charge in [-0.1, -0.05) is 30.3 Å². The summed E-state index contributed by atoms with van der Waals surface area (Å²) in [5, 5.41) is 3.42. The summed E-state index contributed by atoms with van der Waals surface area (Å²) in [5.74, 6) is 0. The van der Waals surface area contributed by atoms with Crippen LogP contribution in [0.4, 0.5) is 0 Å². The average molecular weight is 273 g/mol. The monoisotopic (exact) mass is 273 g/mol. The topological polar surface area (TPSA) is 59.6 Å². The van der Waals surface area contributed by atoms with Gasteiger partial charge in [-0.15, -0.1) is 0 Å². The van der Waals surface area contributed by atoms with Crippen molar-refractivity contribution in [2.75, 3.05) is 6.54 Å². The minimum absolute atomic E-state index is 0.0386. The van der Waals surface area contributed by atoms with Gasteiger partial charge >= 0.3 is 0 Å². The molecular weight excluding hydrogens is 250 g/mol. The predicted molar refractivity (Wildman–Crippen MR) is 82.7 cm³/mol. The van der Waals surface area contributed by atoms with Crippen molar-refractivity contribution < 1.29 is 4.74 Å². The van der Waals surface area contributed by atoms with E-state index in [0.717, 1.165) is 12.1 Å². The number of hydrogen-bond acceptors (Lipinski definition) is 4. The Bertz CT molecular complexity index is 470. The molecule has 3 unspecified atom stereocenters. The second kappa shape index (κ2) is 7.22. The number of rotatable bonds is 4. The van der Waals surface area contributed by atoms with Gasteiger partial charge in [-0.25, -0.2) is 0 Å². The number of hydrogen-bond donors (Lipinski definition) is 2. The fraction of sp³-hybridized carbons (Fsp3) is 0.438. The smallest absolute Gasteiger partial charge is 0.101 e. The summed E-state index contributed by atoms with van der Waals surface area (Å²) in [4.78, 5) is 4.47. The van der Waals surface area contributed by atoms with Crippen LogP contribution in [0.2, 0.25) is 0 Å². The summed E-state index contributed by atoms with van der Waals surface area (Å²) in [5.41, 5.74) is 7.84. The molecule has 4 heteroatoms. The molecule has 3 atom stereocenters. The van der Waals surface area contributed by atoms with Gasteiger partial charge in [-0.05, 0) is 19.4 Å². The Kier molecular flexibility index (Phi) is 5.32. The summed E-state index contributed by atoms with van der Waals surface area (Å²) < 4.78 is 5.95. The zero-order valence-electron chi connectivity index (χ0n) is 12.1. The quantitative estimate of drug-likeness (QED) is 0.823. The molecule has 20 heavy (non-hydrogen) atoms. The van der Waals surface area contributed by atoms with Gasteiger partial charge in [0.15, 0.2) is 0 Å². The molecule has 1 saturated heterocycles. The lowest BCUT2D eigenvalue weighted by Crippen LogP contribution is -2.51. The van der Waals surface area contributed by atoms with Gasteiger partial charge in [0.05, 0.1) is 12.6 Å². The highest BCUT2D eigenvalue weighted by molar-refractivity contribution is 5.80. The molecule has 0 aromatic heterocycles. The van der Waals surface area contributed by atoms with Crippen molar-refractivity contribution in [3.05, 3.63) is 47.7 Å². The third kappa shape index (κ3) is 3.92. The Labute approximate surface area is 120 Å². The van der Waals surface area contributed by atoms with E-state index in [0.29, 0.717) is 6.54 Å². The Morgan fingerprint density at radius 2 is 2.15 bits per heavy atom. The van der Waals surface area contributed by atoms with Gasteiger partial charge in [0.2, 0.25) is 0 Å². The Hall–Kier alpha value is -1.65. The van der Waals surface area contributed by atoms with Gasteiger partial charge in [0, 0.05) is 30.6 Å². The summed E-state index contributed by atoms with van der Waals surface area (Å²) in [7, 11) is 0. The summed E-state index contributed by atoms with van der Waals surface area (Å²) in [6, 6.07) is 10.4. The summed E-state index contributed by atoms with van der Waals surface area (Å²) in [6.45, 7) is 5.69. The van der Waals surface area contributed by atoms with E-state index in [-0.39, 0.29) is 18.2 Å². The van der Waals surface area contributed by atoms with Crippen LogP contribution in [0.25, 0.3) is 0 Å². The first-order valence-electron chi connectivity index (χ1n) is 7.05. The van der Waals surface area contributed by atoms with Crippen molar-refractivity contribution in [2.45, 2.75) is 38.6 Å². The molecule has 0 saturated carbocycles. The van der Waals surface area contributed by atoms with E-state index in [9.17, 15) is 0 Å². The Morgan fingerprint density at radius 3 is 2.85 bits per heavy atom. The van der Waals surface area contributed by atoms with E-state index in [2.05, 4.69) is 36.3 Å². The van der Waals surface area contributed by atoms with Crippen LogP contribution in [-0.4, -0.2) is 31.0 Å².